The van der Waals surface area contributed by atoms with Crippen LogP contribution in [0.4, 0.5) is 5.69 Å². The lowest BCUT2D eigenvalue weighted by atomic mass is 9.94. The van der Waals surface area contributed by atoms with Gasteiger partial charge < -0.3 is 10.1 Å². The number of hydrogen-bond acceptors (Lipinski definition) is 3. The van der Waals surface area contributed by atoms with Crippen molar-refractivity contribution < 1.29 is 14.1 Å². The molecule has 0 saturated heterocycles. The first-order valence-corrected chi connectivity index (χ1v) is 13.2. The Morgan fingerprint density at radius 1 is 0.971 bits per heavy atom. The molecule has 1 aromatic heterocycles. The quantitative estimate of drug-likeness (QED) is 0.334. The van der Waals surface area contributed by atoms with Crippen LogP contribution in [0.5, 0.6) is 0 Å². The fourth-order valence-electron chi connectivity index (χ4n) is 6.02. The van der Waals surface area contributed by atoms with Gasteiger partial charge in [0.1, 0.15) is 17.8 Å². The van der Waals surface area contributed by atoms with Gasteiger partial charge in [-0.15, -0.1) is 0 Å². The standard InChI is InChI=1S/C29H37N3O2/c1-21(22-12-6-3-7-13-22)31-20-32(24-16-10-5-11-17-24)28-26(31)19-18-25(29(33)34-2)27(28)30-23-14-8-4-9-15-23/h3,6-7,12-13,18-21,23-24H,4-5,8-11,14-17H2,1-2H3/p+1/t21-/m1/s1. The normalized spacial score (nSPS) is 18.6. The maximum atomic E-state index is 12.9. The molecule has 5 rings (SSSR count). The van der Waals surface area contributed by atoms with E-state index in [1.807, 2.05) is 6.07 Å². The molecule has 34 heavy (non-hydrogen) atoms. The molecule has 2 aromatic carbocycles. The summed E-state index contributed by atoms with van der Waals surface area (Å²) in [7, 11) is 1.48. The Labute approximate surface area is 203 Å². The molecular formula is C29H38N3O2+. The molecule has 2 saturated carbocycles. The topological polar surface area (TPSA) is 47.1 Å². The molecule has 5 heteroatoms. The molecule has 2 aliphatic rings. The molecule has 180 valence electrons. The Bertz CT molecular complexity index is 1130. The van der Waals surface area contributed by atoms with E-state index in [1.54, 1.807) is 0 Å². The van der Waals surface area contributed by atoms with Gasteiger partial charge in [-0.05, 0) is 63.1 Å². The number of fused-ring (bicyclic) bond motifs is 1. The fourth-order valence-corrected chi connectivity index (χ4v) is 6.02. The first-order chi connectivity index (χ1) is 16.7. The number of aromatic nitrogens is 2. The van der Waals surface area contributed by atoms with Gasteiger partial charge in [-0.2, -0.15) is 0 Å². The summed E-state index contributed by atoms with van der Waals surface area (Å²) in [5.74, 6) is -0.265. The van der Waals surface area contributed by atoms with E-state index in [-0.39, 0.29) is 12.0 Å². The highest BCUT2D eigenvalue weighted by molar-refractivity contribution is 6.03. The smallest absolute Gasteiger partial charge is 0.340 e. The van der Waals surface area contributed by atoms with E-state index in [0.717, 1.165) is 24.0 Å². The Balaban J connectivity index is 1.70. The van der Waals surface area contributed by atoms with Crippen LogP contribution in [0.1, 0.15) is 99.1 Å². The fraction of sp³-hybridized carbons (Fsp3) is 0.517. The van der Waals surface area contributed by atoms with Crippen molar-refractivity contribution >= 4 is 22.7 Å². The molecule has 1 heterocycles. The summed E-state index contributed by atoms with van der Waals surface area (Å²) in [5, 5.41) is 3.84. The lowest BCUT2D eigenvalue weighted by molar-refractivity contribution is -0.701. The number of imidazole rings is 1. The average molecular weight is 461 g/mol. The zero-order valence-electron chi connectivity index (χ0n) is 20.6. The third-order valence-corrected chi connectivity index (χ3v) is 7.97. The van der Waals surface area contributed by atoms with Crippen molar-refractivity contribution in [3.05, 3.63) is 59.9 Å². The highest BCUT2D eigenvalue weighted by Gasteiger charge is 2.32. The van der Waals surface area contributed by atoms with Gasteiger partial charge >= 0.3 is 5.97 Å². The molecule has 0 radical (unpaired) electrons. The maximum absolute atomic E-state index is 12.9. The lowest BCUT2D eigenvalue weighted by Gasteiger charge is -2.25. The third-order valence-electron chi connectivity index (χ3n) is 7.97. The number of hydrogen-bond donors (Lipinski definition) is 1. The van der Waals surface area contributed by atoms with E-state index in [2.05, 4.69) is 64.1 Å². The van der Waals surface area contributed by atoms with Crippen molar-refractivity contribution in [2.45, 2.75) is 89.3 Å². The van der Waals surface area contributed by atoms with Crippen molar-refractivity contribution in [3.63, 3.8) is 0 Å². The minimum Gasteiger partial charge on any atom is -0.465 e. The highest BCUT2D eigenvalue weighted by Crippen LogP contribution is 2.35. The first kappa shape index (κ1) is 22.9. The van der Waals surface area contributed by atoms with Gasteiger partial charge in [0.2, 0.25) is 6.33 Å². The maximum Gasteiger partial charge on any atom is 0.340 e. The lowest BCUT2D eigenvalue weighted by Crippen LogP contribution is -2.40. The summed E-state index contributed by atoms with van der Waals surface area (Å²) in [6.45, 7) is 2.27. The summed E-state index contributed by atoms with van der Waals surface area (Å²) in [4.78, 5) is 12.9. The highest BCUT2D eigenvalue weighted by atomic mass is 16.5. The van der Waals surface area contributed by atoms with Crippen LogP contribution in [0.25, 0.3) is 11.0 Å². The second kappa shape index (κ2) is 10.2. The van der Waals surface area contributed by atoms with E-state index >= 15 is 0 Å². The molecule has 1 N–H and O–H groups in total. The zero-order chi connectivity index (χ0) is 23.5. The summed E-state index contributed by atoms with van der Waals surface area (Å²) < 4.78 is 10.1. The molecule has 2 fully saturated rings. The number of anilines is 1. The molecule has 0 spiro atoms. The Morgan fingerprint density at radius 3 is 2.32 bits per heavy atom. The van der Waals surface area contributed by atoms with Crippen molar-refractivity contribution in [2.24, 2.45) is 0 Å². The number of carbonyl (C=O) groups is 1. The predicted molar refractivity (Wildman–Crippen MR) is 136 cm³/mol. The van der Waals surface area contributed by atoms with Crippen LogP contribution in [0.3, 0.4) is 0 Å². The van der Waals surface area contributed by atoms with E-state index in [9.17, 15) is 4.79 Å². The number of nitrogens with zero attached hydrogens (tertiary/aromatic N) is 2. The van der Waals surface area contributed by atoms with Crippen LogP contribution in [-0.2, 0) is 4.74 Å². The van der Waals surface area contributed by atoms with E-state index in [1.165, 1.54) is 69.6 Å². The number of benzene rings is 2. The molecule has 3 aromatic rings. The average Bonchev–Trinajstić information content (AvgIpc) is 3.30. The number of ether oxygens (including phenoxy) is 1. The van der Waals surface area contributed by atoms with Gasteiger partial charge in [0.25, 0.3) is 0 Å². The Kier molecular flexibility index (Phi) is 6.89. The van der Waals surface area contributed by atoms with Gasteiger partial charge in [-0.25, -0.2) is 13.9 Å². The van der Waals surface area contributed by atoms with Crippen molar-refractivity contribution in [1.29, 1.82) is 0 Å². The van der Waals surface area contributed by atoms with Gasteiger partial charge in [0.15, 0.2) is 11.0 Å². The molecular weight excluding hydrogens is 422 g/mol. The minimum absolute atomic E-state index is 0.194. The number of nitrogens with one attached hydrogen (secondary N) is 1. The second-order valence-corrected chi connectivity index (χ2v) is 10.1. The van der Waals surface area contributed by atoms with Gasteiger partial charge in [-0.1, -0.05) is 56.0 Å². The van der Waals surface area contributed by atoms with Gasteiger partial charge in [0, 0.05) is 6.04 Å². The number of methoxy groups -OCH3 is 1. The zero-order valence-corrected chi connectivity index (χ0v) is 20.6. The van der Waals surface area contributed by atoms with E-state index in [4.69, 9.17) is 4.74 Å². The molecule has 0 unspecified atom stereocenters. The SMILES string of the molecule is COC(=O)c1ccc2c(c1NC1CCCCC1)[n+](C1CCCCC1)cn2[C@H](C)c1ccccc1. The van der Waals surface area contributed by atoms with Crippen LogP contribution >= 0.6 is 0 Å². The van der Waals surface area contributed by atoms with Crippen molar-refractivity contribution in [2.75, 3.05) is 12.4 Å². The summed E-state index contributed by atoms with van der Waals surface area (Å²) in [6, 6.07) is 15.8. The molecule has 1 atom stereocenters. The van der Waals surface area contributed by atoms with Crippen LogP contribution in [-0.4, -0.2) is 23.7 Å². The Hall–Kier alpha value is -2.82. The predicted octanol–water partition coefficient (Wildman–Crippen LogP) is 6.57. The molecule has 5 nitrogen and oxygen atoms in total. The van der Waals surface area contributed by atoms with Crippen molar-refractivity contribution in [3.8, 4) is 0 Å². The Morgan fingerprint density at radius 2 is 1.65 bits per heavy atom. The van der Waals surface area contributed by atoms with Crippen molar-refractivity contribution in [1.82, 2.24) is 4.57 Å². The largest absolute Gasteiger partial charge is 0.465 e. The molecule has 0 amide bonds. The summed E-state index contributed by atoms with van der Waals surface area (Å²) in [5.41, 5.74) is 5.22. The summed E-state index contributed by atoms with van der Waals surface area (Å²) >= 11 is 0. The van der Waals surface area contributed by atoms with E-state index < -0.39 is 0 Å². The second-order valence-electron chi connectivity index (χ2n) is 10.1. The van der Waals surface area contributed by atoms with Crippen LogP contribution in [0, 0.1) is 0 Å². The number of carbonyl (C=O) groups excluding carboxylic acids is 1. The number of esters is 1. The monoisotopic (exact) mass is 460 g/mol. The van der Waals surface area contributed by atoms with Crippen LogP contribution in [0.2, 0.25) is 0 Å². The van der Waals surface area contributed by atoms with Gasteiger partial charge in [-0.3, -0.25) is 0 Å². The molecule has 2 aliphatic carbocycles. The molecule has 0 bridgehead atoms. The third kappa shape index (κ3) is 4.45. The minimum atomic E-state index is -0.265. The van der Waals surface area contributed by atoms with Crippen LogP contribution < -0.4 is 9.88 Å². The van der Waals surface area contributed by atoms with Gasteiger partial charge in [0.05, 0.1) is 12.7 Å². The molecule has 0 aliphatic heterocycles. The van der Waals surface area contributed by atoms with Crippen LogP contribution in [0.15, 0.2) is 48.8 Å². The summed E-state index contributed by atoms with van der Waals surface area (Å²) in [6.07, 6.45) is 14.6. The number of rotatable bonds is 6. The van der Waals surface area contributed by atoms with E-state index in [0.29, 0.717) is 17.6 Å². The first-order valence-electron chi connectivity index (χ1n) is 13.2.